The van der Waals surface area contributed by atoms with Gasteiger partial charge in [0.2, 0.25) is 0 Å². The standard InChI is InChI=1S/C13H18FNO/c1-10-8-11(3-5-13(10)14)2-4-12-9-15-6-7-16-12/h3,5,8,12,15H,2,4,6-7,9H2,1H3. The van der Waals surface area contributed by atoms with E-state index in [1.54, 1.807) is 13.0 Å². The second-order valence-corrected chi connectivity index (χ2v) is 4.32. The molecule has 0 saturated carbocycles. The van der Waals surface area contributed by atoms with E-state index in [4.69, 9.17) is 4.74 Å². The van der Waals surface area contributed by atoms with Crippen molar-refractivity contribution >= 4 is 0 Å². The fourth-order valence-electron chi connectivity index (χ4n) is 2.00. The van der Waals surface area contributed by atoms with Crippen molar-refractivity contribution in [2.75, 3.05) is 19.7 Å². The Morgan fingerprint density at radius 3 is 3.06 bits per heavy atom. The maximum absolute atomic E-state index is 13.1. The fourth-order valence-corrected chi connectivity index (χ4v) is 2.00. The van der Waals surface area contributed by atoms with Crippen LogP contribution in [0.5, 0.6) is 0 Å². The molecule has 16 heavy (non-hydrogen) atoms. The fraction of sp³-hybridized carbons (Fsp3) is 0.538. The lowest BCUT2D eigenvalue weighted by Gasteiger charge is -2.23. The van der Waals surface area contributed by atoms with E-state index < -0.39 is 0 Å². The maximum Gasteiger partial charge on any atom is 0.126 e. The van der Waals surface area contributed by atoms with Crippen LogP contribution >= 0.6 is 0 Å². The molecule has 1 aliphatic heterocycles. The first-order valence-corrected chi connectivity index (χ1v) is 5.83. The monoisotopic (exact) mass is 223 g/mol. The van der Waals surface area contributed by atoms with Crippen LogP contribution in [-0.2, 0) is 11.2 Å². The molecule has 1 N–H and O–H groups in total. The molecule has 88 valence electrons. The Hall–Kier alpha value is -0.930. The molecule has 1 aliphatic rings. The Bertz CT molecular complexity index is 348. The molecular formula is C13H18FNO. The summed E-state index contributed by atoms with van der Waals surface area (Å²) in [5.74, 6) is -0.126. The SMILES string of the molecule is Cc1cc(CCC2CNCCO2)ccc1F. The Labute approximate surface area is 95.8 Å². The average Bonchev–Trinajstić information content (AvgIpc) is 2.32. The smallest absolute Gasteiger partial charge is 0.126 e. The molecule has 1 aromatic rings. The van der Waals surface area contributed by atoms with Crippen LogP contribution < -0.4 is 5.32 Å². The van der Waals surface area contributed by atoms with Gasteiger partial charge >= 0.3 is 0 Å². The Kier molecular flexibility index (Phi) is 3.91. The Morgan fingerprint density at radius 1 is 1.50 bits per heavy atom. The van der Waals surface area contributed by atoms with Crippen molar-refractivity contribution < 1.29 is 9.13 Å². The molecule has 2 rings (SSSR count). The van der Waals surface area contributed by atoms with E-state index in [0.717, 1.165) is 38.1 Å². The zero-order chi connectivity index (χ0) is 11.4. The van der Waals surface area contributed by atoms with E-state index in [9.17, 15) is 4.39 Å². The van der Waals surface area contributed by atoms with Gasteiger partial charge < -0.3 is 10.1 Å². The molecule has 1 unspecified atom stereocenters. The number of aryl methyl sites for hydroxylation is 2. The summed E-state index contributed by atoms with van der Waals surface area (Å²) in [6, 6.07) is 5.33. The van der Waals surface area contributed by atoms with Gasteiger partial charge in [-0.2, -0.15) is 0 Å². The average molecular weight is 223 g/mol. The summed E-state index contributed by atoms with van der Waals surface area (Å²) in [4.78, 5) is 0. The molecule has 0 spiro atoms. The van der Waals surface area contributed by atoms with Gasteiger partial charge in [0.15, 0.2) is 0 Å². The molecule has 1 atom stereocenters. The zero-order valence-electron chi connectivity index (χ0n) is 9.63. The molecule has 0 aromatic heterocycles. The number of hydrogen-bond donors (Lipinski definition) is 1. The summed E-state index contributed by atoms with van der Waals surface area (Å²) in [5, 5.41) is 3.31. The molecule has 3 heteroatoms. The second-order valence-electron chi connectivity index (χ2n) is 4.32. The third kappa shape index (κ3) is 3.03. The van der Waals surface area contributed by atoms with Gasteiger partial charge in [-0.1, -0.05) is 12.1 Å². The number of benzene rings is 1. The van der Waals surface area contributed by atoms with Crippen molar-refractivity contribution in [2.24, 2.45) is 0 Å². The molecule has 1 saturated heterocycles. The van der Waals surface area contributed by atoms with Gasteiger partial charge in [-0.3, -0.25) is 0 Å². The highest BCUT2D eigenvalue weighted by atomic mass is 19.1. The molecular weight excluding hydrogens is 205 g/mol. The summed E-state index contributed by atoms with van der Waals surface area (Å²) in [7, 11) is 0. The van der Waals surface area contributed by atoms with Crippen molar-refractivity contribution in [1.29, 1.82) is 0 Å². The lowest BCUT2D eigenvalue weighted by molar-refractivity contribution is 0.0238. The topological polar surface area (TPSA) is 21.3 Å². The minimum Gasteiger partial charge on any atom is -0.376 e. The van der Waals surface area contributed by atoms with Crippen LogP contribution in [0.1, 0.15) is 17.5 Å². The highest BCUT2D eigenvalue weighted by Crippen LogP contribution is 2.13. The van der Waals surface area contributed by atoms with Crippen LogP contribution in [0.25, 0.3) is 0 Å². The first-order valence-electron chi connectivity index (χ1n) is 5.83. The third-order valence-electron chi connectivity index (χ3n) is 2.98. The van der Waals surface area contributed by atoms with Gasteiger partial charge in [0, 0.05) is 13.1 Å². The molecule has 2 nitrogen and oxygen atoms in total. The normalized spacial score (nSPS) is 21.0. The summed E-state index contributed by atoms with van der Waals surface area (Å²) in [6.07, 6.45) is 2.25. The van der Waals surface area contributed by atoms with Gasteiger partial charge in [0.1, 0.15) is 5.82 Å². The Balaban J connectivity index is 1.86. The van der Waals surface area contributed by atoms with Crippen LogP contribution in [0, 0.1) is 12.7 Å². The minimum atomic E-state index is -0.126. The summed E-state index contributed by atoms with van der Waals surface area (Å²) in [5.41, 5.74) is 1.91. The predicted octanol–water partition coefficient (Wildman–Crippen LogP) is 2.06. The molecule has 0 bridgehead atoms. The van der Waals surface area contributed by atoms with E-state index in [1.165, 1.54) is 5.56 Å². The van der Waals surface area contributed by atoms with Crippen LogP contribution in [0.2, 0.25) is 0 Å². The number of ether oxygens (including phenoxy) is 1. The van der Waals surface area contributed by atoms with Crippen molar-refractivity contribution in [3.8, 4) is 0 Å². The van der Waals surface area contributed by atoms with Crippen molar-refractivity contribution in [3.63, 3.8) is 0 Å². The lowest BCUT2D eigenvalue weighted by Crippen LogP contribution is -2.38. The van der Waals surface area contributed by atoms with Crippen LogP contribution in [0.15, 0.2) is 18.2 Å². The maximum atomic E-state index is 13.1. The largest absolute Gasteiger partial charge is 0.376 e. The third-order valence-corrected chi connectivity index (χ3v) is 2.98. The number of hydrogen-bond acceptors (Lipinski definition) is 2. The number of rotatable bonds is 3. The molecule has 0 radical (unpaired) electrons. The number of nitrogens with one attached hydrogen (secondary N) is 1. The van der Waals surface area contributed by atoms with Gasteiger partial charge in [-0.25, -0.2) is 4.39 Å². The molecule has 1 heterocycles. The summed E-state index contributed by atoms with van der Waals surface area (Å²) >= 11 is 0. The van der Waals surface area contributed by atoms with Gasteiger partial charge in [0.05, 0.1) is 12.7 Å². The molecule has 1 fully saturated rings. The first-order chi connectivity index (χ1) is 7.75. The Morgan fingerprint density at radius 2 is 2.38 bits per heavy atom. The molecule has 0 aliphatic carbocycles. The van der Waals surface area contributed by atoms with Crippen LogP contribution in [-0.4, -0.2) is 25.8 Å². The van der Waals surface area contributed by atoms with E-state index in [-0.39, 0.29) is 5.82 Å². The van der Waals surface area contributed by atoms with Gasteiger partial charge in [-0.15, -0.1) is 0 Å². The van der Waals surface area contributed by atoms with E-state index in [1.807, 2.05) is 12.1 Å². The van der Waals surface area contributed by atoms with Crippen LogP contribution in [0.3, 0.4) is 0 Å². The van der Waals surface area contributed by atoms with Crippen molar-refractivity contribution in [1.82, 2.24) is 5.32 Å². The van der Waals surface area contributed by atoms with Crippen molar-refractivity contribution in [2.45, 2.75) is 25.9 Å². The predicted molar refractivity (Wildman–Crippen MR) is 62.1 cm³/mol. The highest BCUT2D eigenvalue weighted by molar-refractivity contribution is 5.24. The van der Waals surface area contributed by atoms with E-state index >= 15 is 0 Å². The lowest BCUT2D eigenvalue weighted by atomic mass is 10.0. The first kappa shape index (κ1) is 11.6. The van der Waals surface area contributed by atoms with Crippen LogP contribution in [0.4, 0.5) is 4.39 Å². The van der Waals surface area contributed by atoms with Gasteiger partial charge in [-0.05, 0) is 37.0 Å². The minimum absolute atomic E-state index is 0.126. The number of halogens is 1. The quantitative estimate of drug-likeness (QED) is 0.847. The van der Waals surface area contributed by atoms with E-state index in [2.05, 4.69) is 5.32 Å². The van der Waals surface area contributed by atoms with Crippen molar-refractivity contribution in [3.05, 3.63) is 35.1 Å². The molecule has 1 aromatic carbocycles. The summed E-state index contributed by atoms with van der Waals surface area (Å²) in [6.45, 7) is 4.48. The summed E-state index contributed by atoms with van der Waals surface area (Å²) < 4.78 is 18.7. The zero-order valence-corrected chi connectivity index (χ0v) is 9.63. The van der Waals surface area contributed by atoms with Gasteiger partial charge in [0.25, 0.3) is 0 Å². The van der Waals surface area contributed by atoms with E-state index in [0.29, 0.717) is 6.10 Å². The molecule has 0 amide bonds. The second kappa shape index (κ2) is 5.41. The highest BCUT2D eigenvalue weighted by Gasteiger charge is 2.13. The number of morpholine rings is 1.